The van der Waals surface area contributed by atoms with Crippen LogP contribution in [-0.4, -0.2) is 18.6 Å². The Bertz CT molecular complexity index is 657. The maximum atomic E-state index is 12.0. The number of benzene rings is 2. The average molecular weight is 339 g/mol. The minimum absolute atomic E-state index is 0.0462. The van der Waals surface area contributed by atoms with Crippen LogP contribution in [0.1, 0.15) is 45.2 Å². The van der Waals surface area contributed by atoms with Crippen molar-refractivity contribution < 1.29 is 9.53 Å². The number of carbonyl (C=O) groups excluding carboxylic acids is 1. The number of hydrogen-bond acceptors (Lipinski definition) is 2. The lowest BCUT2D eigenvalue weighted by Crippen LogP contribution is -2.36. The van der Waals surface area contributed by atoms with Gasteiger partial charge in [0.2, 0.25) is 0 Å². The van der Waals surface area contributed by atoms with E-state index in [4.69, 9.17) is 4.74 Å². The van der Waals surface area contributed by atoms with Crippen molar-refractivity contribution in [2.24, 2.45) is 0 Å². The minimum atomic E-state index is -0.0829. The van der Waals surface area contributed by atoms with Gasteiger partial charge in [-0.1, -0.05) is 63.2 Å². The van der Waals surface area contributed by atoms with Gasteiger partial charge in [-0.25, -0.2) is 0 Å². The standard InChI is InChI=1S/C22H29NO2/c1-17(10-11-18-8-6-5-7-9-18)23-21(24)16-25-20-14-12-19(13-15-20)22(2,3)4/h5-9,12-15,17H,10-11,16H2,1-4H3,(H,23,24)/t17-/m0/s1. The Kier molecular flexibility index (Phi) is 6.63. The number of rotatable bonds is 7. The summed E-state index contributed by atoms with van der Waals surface area (Å²) in [5.41, 5.74) is 2.65. The maximum Gasteiger partial charge on any atom is 0.258 e. The summed E-state index contributed by atoms with van der Waals surface area (Å²) in [6.07, 6.45) is 1.87. The molecule has 0 radical (unpaired) electrons. The molecule has 0 saturated heterocycles. The molecule has 134 valence electrons. The molecule has 0 aliphatic rings. The van der Waals surface area contributed by atoms with Gasteiger partial charge in [-0.2, -0.15) is 0 Å². The predicted molar refractivity (Wildman–Crippen MR) is 103 cm³/mol. The first kappa shape index (κ1) is 19.0. The average Bonchev–Trinajstić information content (AvgIpc) is 2.59. The smallest absolute Gasteiger partial charge is 0.258 e. The summed E-state index contributed by atoms with van der Waals surface area (Å²) in [6, 6.07) is 18.4. The van der Waals surface area contributed by atoms with E-state index in [1.165, 1.54) is 11.1 Å². The second-order valence-electron chi connectivity index (χ2n) is 7.56. The summed E-state index contributed by atoms with van der Waals surface area (Å²) in [6.45, 7) is 8.59. The summed E-state index contributed by atoms with van der Waals surface area (Å²) in [5, 5.41) is 2.99. The van der Waals surface area contributed by atoms with E-state index in [1.807, 2.05) is 37.3 Å². The van der Waals surface area contributed by atoms with Crippen molar-refractivity contribution in [3.8, 4) is 5.75 Å². The Morgan fingerprint density at radius 3 is 2.28 bits per heavy atom. The van der Waals surface area contributed by atoms with Gasteiger partial charge >= 0.3 is 0 Å². The van der Waals surface area contributed by atoms with Crippen molar-refractivity contribution >= 4 is 5.91 Å². The Hall–Kier alpha value is -2.29. The number of amides is 1. The van der Waals surface area contributed by atoms with Crippen LogP contribution in [0.25, 0.3) is 0 Å². The lowest BCUT2D eigenvalue weighted by molar-refractivity contribution is -0.123. The molecule has 0 unspecified atom stereocenters. The molecule has 0 heterocycles. The van der Waals surface area contributed by atoms with E-state index in [0.717, 1.165) is 18.6 Å². The van der Waals surface area contributed by atoms with Gasteiger partial charge in [-0.3, -0.25) is 4.79 Å². The maximum absolute atomic E-state index is 12.0. The van der Waals surface area contributed by atoms with Crippen LogP contribution >= 0.6 is 0 Å². The summed E-state index contributed by atoms with van der Waals surface area (Å²) in [5.74, 6) is 0.639. The Morgan fingerprint density at radius 2 is 1.68 bits per heavy atom. The van der Waals surface area contributed by atoms with E-state index in [1.54, 1.807) is 0 Å². The zero-order valence-corrected chi connectivity index (χ0v) is 15.7. The first-order valence-electron chi connectivity index (χ1n) is 8.91. The van der Waals surface area contributed by atoms with Gasteiger partial charge in [0.25, 0.3) is 5.91 Å². The fraction of sp³-hybridized carbons (Fsp3) is 0.409. The number of ether oxygens (including phenoxy) is 1. The Balaban J connectivity index is 1.73. The molecule has 3 nitrogen and oxygen atoms in total. The lowest BCUT2D eigenvalue weighted by Gasteiger charge is -2.19. The van der Waals surface area contributed by atoms with Crippen molar-refractivity contribution in [3.63, 3.8) is 0 Å². The van der Waals surface area contributed by atoms with Crippen LogP contribution in [0.15, 0.2) is 54.6 Å². The van der Waals surface area contributed by atoms with Crippen molar-refractivity contribution in [1.82, 2.24) is 5.32 Å². The van der Waals surface area contributed by atoms with E-state index in [0.29, 0.717) is 0 Å². The number of aryl methyl sites for hydroxylation is 1. The van der Waals surface area contributed by atoms with E-state index in [9.17, 15) is 4.79 Å². The van der Waals surface area contributed by atoms with Crippen molar-refractivity contribution in [3.05, 3.63) is 65.7 Å². The van der Waals surface area contributed by atoms with Gasteiger partial charge in [0.1, 0.15) is 5.75 Å². The van der Waals surface area contributed by atoms with Gasteiger partial charge in [0.05, 0.1) is 0 Å². The molecule has 3 heteroatoms. The topological polar surface area (TPSA) is 38.3 Å². The molecule has 1 atom stereocenters. The van der Waals surface area contributed by atoms with Crippen LogP contribution in [0.2, 0.25) is 0 Å². The van der Waals surface area contributed by atoms with Crippen molar-refractivity contribution in [2.75, 3.05) is 6.61 Å². The number of hydrogen-bond donors (Lipinski definition) is 1. The third kappa shape index (κ3) is 6.61. The monoisotopic (exact) mass is 339 g/mol. The normalized spacial score (nSPS) is 12.5. The summed E-state index contributed by atoms with van der Waals surface area (Å²) >= 11 is 0. The van der Waals surface area contributed by atoms with Crippen molar-refractivity contribution in [2.45, 2.75) is 52.0 Å². The second kappa shape index (κ2) is 8.70. The molecule has 0 aliphatic heterocycles. The molecule has 2 aromatic carbocycles. The van der Waals surface area contributed by atoms with Crippen LogP contribution < -0.4 is 10.1 Å². The first-order valence-corrected chi connectivity index (χ1v) is 8.91. The van der Waals surface area contributed by atoms with Gasteiger partial charge in [0.15, 0.2) is 6.61 Å². The minimum Gasteiger partial charge on any atom is -0.484 e. The largest absolute Gasteiger partial charge is 0.484 e. The van der Waals surface area contributed by atoms with Crippen LogP contribution in [0.3, 0.4) is 0 Å². The molecule has 1 N–H and O–H groups in total. The third-order valence-electron chi connectivity index (χ3n) is 4.21. The SMILES string of the molecule is C[C@@H](CCc1ccccc1)NC(=O)COc1ccc(C(C)(C)C)cc1. The number of nitrogens with one attached hydrogen (secondary N) is 1. The fourth-order valence-corrected chi connectivity index (χ4v) is 2.62. The fourth-order valence-electron chi connectivity index (χ4n) is 2.62. The lowest BCUT2D eigenvalue weighted by atomic mass is 9.87. The molecule has 0 fully saturated rings. The molecular weight excluding hydrogens is 310 g/mol. The third-order valence-corrected chi connectivity index (χ3v) is 4.21. The van der Waals surface area contributed by atoms with E-state index < -0.39 is 0 Å². The highest BCUT2D eigenvalue weighted by molar-refractivity contribution is 5.77. The molecule has 25 heavy (non-hydrogen) atoms. The van der Waals surface area contributed by atoms with E-state index >= 15 is 0 Å². The predicted octanol–water partition coefficient (Wildman–Crippen LogP) is 4.50. The highest BCUT2D eigenvalue weighted by Crippen LogP contribution is 2.24. The molecule has 1 amide bonds. The molecule has 2 rings (SSSR count). The second-order valence-corrected chi connectivity index (χ2v) is 7.56. The van der Waals surface area contributed by atoms with E-state index in [2.05, 4.69) is 50.4 Å². The number of carbonyl (C=O) groups is 1. The summed E-state index contributed by atoms with van der Waals surface area (Å²) < 4.78 is 5.59. The Morgan fingerprint density at radius 1 is 1.04 bits per heavy atom. The molecule has 0 bridgehead atoms. The van der Waals surface area contributed by atoms with Gasteiger partial charge in [-0.05, 0) is 48.4 Å². The van der Waals surface area contributed by atoms with Crippen LogP contribution in [0.4, 0.5) is 0 Å². The van der Waals surface area contributed by atoms with Crippen molar-refractivity contribution in [1.29, 1.82) is 0 Å². The van der Waals surface area contributed by atoms with Crippen LogP contribution in [0.5, 0.6) is 5.75 Å². The molecular formula is C22H29NO2. The highest BCUT2D eigenvalue weighted by Gasteiger charge is 2.13. The quantitative estimate of drug-likeness (QED) is 0.806. The van der Waals surface area contributed by atoms with Crippen LogP contribution in [-0.2, 0) is 16.6 Å². The summed E-state index contributed by atoms with van der Waals surface area (Å²) in [4.78, 5) is 12.0. The zero-order chi connectivity index (χ0) is 18.3. The summed E-state index contributed by atoms with van der Waals surface area (Å²) in [7, 11) is 0. The molecule has 0 aromatic heterocycles. The highest BCUT2D eigenvalue weighted by atomic mass is 16.5. The molecule has 0 spiro atoms. The van der Waals surface area contributed by atoms with Gasteiger partial charge < -0.3 is 10.1 Å². The molecule has 0 saturated carbocycles. The zero-order valence-electron chi connectivity index (χ0n) is 15.7. The molecule has 0 aliphatic carbocycles. The Labute approximate surface area is 151 Å². The molecule has 2 aromatic rings. The van der Waals surface area contributed by atoms with Crippen LogP contribution in [0, 0.1) is 0 Å². The van der Waals surface area contributed by atoms with Gasteiger partial charge in [-0.15, -0.1) is 0 Å². The van der Waals surface area contributed by atoms with E-state index in [-0.39, 0.29) is 24.0 Å². The van der Waals surface area contributed by atoms with Gasteiger partial charge in [0, 0.05) is 6.04 Å². The first-order chi connectivity index (χ1) is 11.8.